The zero-order valence-corrected chi connectivity index (χ0v) is 14.2. The third kappa shape index (κ3) is 4.35. The van der Waals surface area contributed by atoms with E-state index in [9.17, 15) is 9.59 Å². The fourth-order valence-corrected chi connectivity index (χ4v) is 2.91. The van der Waals surface area contributed by atoms with Gasteiger partial charge in [0.2, 0.25) is 5.91 Å². The smallest absolute Gasteiger partial charge is 0.318 e. The van der Waals surface area contributed by atoms with Gasteiger partial charge in [-0.25, -0.2) is 4.79 Å². The van der Waals surface area contributed by atoms with Crippen molar-refractivity contribution in [3.05, 3.63) is 65.5 Å². The third-order valence-electron chi connectivity index (χ3n) is 4.23. The zero-order chi connectivity index (χ0) is 17.6. The number of hydrogen-bond acceptors (Lipinski definition) is 3. The predicted molar refractivity (Wildman–Crippen MR) is 95.0 cm³/mol. The van der Waals surface area contributed by atoms with E-state index >= 15 is 0 Å². The summed E-state index contributed by atoms with van der Waals surface area (Å²) in [5.74, 6) is -0.0183. The molecule has 1 aliphatic rings. The van der Waals surface area contributed by atoms with Crippen LogP contribution in [-0.2, 0) is 4.79 Å². The van der Waals surface area contributed by atoms with Gasteiger partial charge in [-0.05, 0) is 24.6 Å². The summed E-state index contributed by atoms with van der Waals surface area (Å²) in [7, 11) is 0. The standard InChI is InChI=1S/C19H22N4O2/c1-14-5-4-6-15(13-14)18(16-7-2-3-9-20-16)22-19(25)23-11-8-17(24)21-10-12-23/h2-7,9,13,18H,8,10-12H2,1H3,(H,21,24)(H,22,25)/t18-/m1/s1. The van der Waals surface area contributed by atoms with E-state index in [2.05, 4.69) is 15.6 Å². The summed E-state index contributed by atoms with van der Waals surface area (Å²) in [6.07, 6.45) is 2.05. The van der Waals surface area contributed by atoms with Gasteiger partial charge in [0.15, 0.2) is 0 Å². The van der Waals surface area contributed by atoms with Crippen LogP contribution in [0.25, 0.3) is 0 Å². The summed E-state index contributed by atoms with van der Waals surface area (Å²) in [6.45, 7) is 3.42. The van der Waals surface area contributed by atoms with Crippen LogP contribution in [0.4, 0.5) is 4.79 Å². The van der Waals surface area contributed by atoms with E-state index in [0.29, 0.717) is 26.1 Å². The number of nitrogens with one attached hydrogen (secondary N) is 2. The lowest BCUT2D eigenvalue weighted by atomic mass is 10.0. The van der Waals surface area contributed by atoms with E-state index in [0.717, 1.165) is 16.8 Å². The zero-order valence-electron chi connectivity index (χ0n) is 14.2. The lowest BCUT2D eigenvalue weighted by molar-refractivity contribution is -0.120. The summed E-state index contributed by atoms with van der Waals surface area (Å²) >= 11 is 0. The van der Waals surface area contributed by atoms with E-state index in [1.165, 1.54) is 0 Å². The lowest BCUT2D eigenvalue weighted by Gasteiger charge is -2.25. The van der Waals surface area contributed by atoms with Crippen LogP contribution in [0.3, 0.4) is 0 Å². The molecular weight excluding hydrogens is 316 g/mol. The fourth-order valence-electron chi connectivity index (χ4n) is 2.91. The highest BCUT2D eigenvalue weighted by Gasteiger charge is 2.23. The van der Waals surface area contributed by atoms with Crippen molar-refractivity contribution in [3.63, 3.8) is 0 Å². The summed E-state index contributed by atoms with van der Waals surface area (Å²) < 4.78 is 0. The molecule has 0 bridgehead atoms. The number of rotatable bonds is 3. The SMILES string of the molecule is Cc1cccc([C@@H](NC(=O)N2CCNC(=O)CC2)c2ccccn2)c1. The number of pyridine rings is 1. The number of urea groups is 1. The molecule has 1 fully saturated rings. The molecule has 0 spiro atoms. The van der Waals surface area contributed by atoms with Crippen molar-refractivity contribution >= 4 is 11.9 Å². The number of aromatic nitrogens is 1. The number of aryl methyl sites for hydroxylation is 1. The second kappa shape index (κ2) is 7.79. The van der Waals surface area contributed by atoms with Gasteiger partial charge in [0, 0.05) is 32.3 Å². The number of benzene rings is 1. The van der Waals surface area contributed by atoms with Crippen molar-refractivity contribution in [2.75, 3.05) is 19.6 Å². The van der Waals surface area contributed by atoms with Gasteiger partial charge in [-0.15, -0.1) is 0 Å². The molecule has 3 rings (SSSR count). The Balaban J connectivity index is 1.82. The highest BCUT2D eigenvalue weighted by molar-refractivity contribution is 5.79. The van der Waals surface area contributed by atoms with Gasteiger partial charge in [-0.3, -0.25) is 9.78 Å². The molecule has 2 heterocycles. The average Bonchev–Trinajstić information content (AvgIpc) is 2.85. The first-order chi connectivity index (χ1) is 12.1. The van der Waals surface area contributed by atoms with Gasteiger partial charge in [-0.2, -0.15) is 0 Å². The Hall–Kier alpha value is -2.89. The highest BCUT2D eigenvalue weighted by Crippen LogP contribution is 2.21. The average molecular weight is 338 g/mol. The second-order valence-corrected chi connectivity index (χ2v) is 6.14. The molecule has 6 nitrogen and oxygen atoms in total. The van der Waals surface area contributed by atoms with Crippen LogP contribution < -0.4 is 10.6 Å². The number of hydrogen-bond donors (Lipinski definition) is 2. The van der Waals surface area contributed by atoms with E-state index in [-0.39, 0.29) is 18.0 Å². The summed E-state index contributed by atoms with van der Waals surface area (Å²) in [6, 6.07) is 13.2. The second-order valence-electron chi connectivity index (χ2n) is 6.14. The first-order valence-corrected chi connectivity index (χ1v) is 8.43. The predicted octanol–water partition coefficient (Wildman–Crippen LogP) is 2.01. The molecule has 0 unspecified atom stereocenters. The summed E-state index contributed by atoms with van der Waals surface area (Å²) in [5, 5.41) is 5.86. The van der Waals surface area contributed by atoms with E-state index in [4.69, 9.17) is 0 Å². The quantitative estimate of drug-likeness (QED) is 0.899. The molecule has 1 aromatic heterocycles. The van der Waals surface area contributed by atoms with E-state index in [1.54, 1.807) is 11.1 Å². The number of carbonyl (C=O) groups is 2. The molecule has 0 saturated carbocycles. The van der Waals surface area contributed by atoms with Crippen molar-refractivity contribution in [2.24, 2.45) is 0 Å². The van der Waals surface area contributed by atoms with Gasteiger partial charge in [0.25, 0.3) is 0 Å². The topological polar surface area (TPSA) is 74.3 Å². The molecule has 1 aliphatic heterocycles. The van der Waals surface area contributed by atoms with Crippen molar-refractivity contribution in [1.29, 1.82) is 0 Å². The first-order valence-electron chi connectivity index (χ1n) is 8.43. The van der Waals surface area contributed by atoms with Gasteiger partial charge < -0.3 is 15.5 Å². The third-order valence-corrected chi connectivity index (χ3v) is 4.23. The van der Waals surface area contributed by atoms with Gasteiger partial charge in [0.05, 0.1) is 11.7 Å². The molecule has 1 atom stereocenters. The number of carbonyl (C=O) groups excluding carboxylic acids is 2. The van der Waals surface area contributed by atoms with Crippen molar-refractivity contribution in [1.82, 2.24) is 20.5 Å². The highest BCUT2D eigenvalue weighted by atomic mass is 16.2. The maximum Gasteiger partial charge on any atom is 0.318 e. The Morgan fingerprint density at radius 2 is 2.12 bits per heavy atom. The first kappa shape index (κ1) is 17.0. The maximum absolute atomic E-state index is 12.7. The van der Waals surface area contributed by atoms with Crippen LogP contribution in [0, 0.1) is 6.92 Å². The van der Waals surface area contributed by atoms with Crippen molar-refractivity contribution in [2.45, 2.75) is 19.4 Å². The minimum Gasteiger partial charge on any atom is -0.354 e. The number of nitrogens with zero attached hydrogens (tertiary/aromatic N) is 2. The molecule has 0 radical (unpaired) electrons. The molecule has 2 aromatic rings. The van der Waals surface area contributed by atoms with Gasteiger partial charge in [-0.1, -0.05) is 35.9 Å². The van der Waals surface area contributed by atoms with Crippen LogP contribution in [0.1, 0.15) is 29.3 Å². The summed E-state index contributed by atoms with van der Waals surface area (Å²) in [5.41, 5.74) is 2.89. The van der Waals surface area contributed by atoms with Gasteiger partial charge >= 0.3 is 6.03 Å². The van der Waals surface area contributed by atoms with E-state index < -0.39 is 0 Å². The molecule has 2 N–H and O–H groups in total. The maximum atomic E-state index is 12.7. The molecule has 1 saturated heterocycles. The van der Waals surface area contributed by atoms with E-state index in [1.807, 2.05) is 49.4 Å². The molecule has 25 heavy (non-hydrogen) atoms. The minimum atomic E-state index is -0.333. The minimum absolute atomic E-state index is 0.0183. The largest absolute Gasteiger partial charge is 0.354 e. The van der Waals surface area contributed by atoms with Crippen LogP contribution in [-0.4, -0.2) is 41.5 Å². The van der Waals surface area contributed by atoms with Gasteiger partial charge in [0.1, 0.15) is 0 Å². The molecule has 130 valence electrons. The van der Waals surface area contributed by atoms with Crippen molar-refractivity contribution < 1.29 is 9.59 Å². The fraction of sp³-hybridized carbons (Fsp3) is 0.316. The normalized spacial score (nSPS) is 15.9. The number of amides is 3. The van der Waals surface area contributed by atoms with Crippen molar-refractivity contribution in [3.8, 4) is 0 Å². The molecule has 3 amide bonds. The molecule has 1 aromatic carbocycles. The monoisotopic (exact) mass is 338 g/mol. The Labute approximate surface area is 147 Å². The molecule has 0 aliphatic carbocycles. The molecular formula is C19H22N4O2. The van der Waals surface area contributed by atoms with Crippen LogP contribution >= 0.6 is 0 Å². The Bertz CT molecular complexity index is 748. The summed E-state index contributed by atoms with van der Waals surface area (Å²) in [4.78, 5) is 30.3. The Morgan fingerprint density at radius 1 is 1.24 bits per heavy atom. The van der Waals surface area contributed by atoms with Crippen LogP contribution in [0.2, 0.25) is 0 Å². The Kier molecular flexibility index (Phi) is 5.28. The van der Waals surface area contributed by atoms with Crippen LogP contribution in [0.5, 0.6) is 0 Å². The lowest BCUT2D eigenvalue weighted by Crippen LogP contribution is -2.43. The Morgan fingerprint density at radius 3 is 2.88 bits per heavy atom. The van der Waals surface area contributed by atoms with Crippen LogP contribution in [0.15, 0.2) is 48.7 Å². The molecule has 6 heteroatoms.